The smallest absolute Gasteiger partial charge is 0.475 e. The first-order valence-electron chi connectivity index (χ1n) is 20.6. The number of amides is 5. The Morgan fingerprint density at radius 1 is 0.647 bits per heavy atom. The quantitative estimate of drug-likeness (QED) is 0.0549. The van der Waals surface area contributed by atoms with Gasteiger partial charge < -0.3 is 59.3 Å². The second-order valence-corrected chi connectivity index (χ2v) is 15.1. The summed E-state index contributed by atoms with van der Waals surface area (Å²) >= 11 is 0. The molecule has 20 nitrogen and oxygen atoms in total. The maximum Gasteiger partial charge on any atom is 0.490 e. The van der Waals surface area contributed by atoms with Crippen LogP contribution >= 0.6 is 0 Å². The number of nitrogens with one attached hydrogen (secondary N) is 4. The summed E-state index contributed by atoms with van der Waals surface area (Å²) in [6, 6.07) is 18.5. The molecule has 0 radical (unpaired) electrons. The number of hydrogen-bond acceptors (Lipinski definition) is 9. The lowest BCUT2D eigenvalue weighted by Gasteiger charge is -2.30. The third-order valence-corrected chi connectivity index (χ3v) is 10.2. The van der Waals surface area contributed by atoms with Crippen LogP contribution in [0.3, 0.4) is 0 Å². The van der Waals surface area contributed by atoms with Crippen LogP contribution in [-0.2, 0) is 40.0 Å². The zero-order valence-electron chi connectivity index (χ0n) is 36.1. The highest BCUT2D eigenvalue weighted by atomic mass is 19.4. The SMILES string of the molecule is NC(N)=NCCC[C@@H]1NC(=O)[C@H](CCCN=C(N)N)NC(=O)[C@H]2[C@@H](c3ccccc3)CCN2C(=O)CNC(=O)[C@H](Cc2ccc3ccccc3c2)NC1=O.O=C(O)C(F)(F)F.O=C(O)C(F)(F)F. The number of alkyl halides is 6. The number of nitrogens with two attached hydrogens (primary N) is 4. The molecule has 2 heterocycles. The van der Waals surface area contributed by atoms with Crippen LogP contribution in [0.1, 0.15) is 49.1 Å². The number of guanidine groups is 2. The van der Waals surface area contributed by atoms with E-state index in [4.69, 9.17) is 42.7 Å². The van der Waals surface area contributed by atoms with Crippen LogP contribution < -0.4 is 44.2 Å². The van der Waals surface area contributed by atoms with Crippen LogP contribution in [0.2, 0.25) is 0 Å². The Bertz CT molecular complexity index is 2290. The number of carbonyl (C=O) groups is 7. The molecule has 2 saturated heterocycles. The number of aliphatic carboxylic acids is 2. The van der Waals surface area contributed by atoms with Gasteiger partial charge in [-0.25, -0.2) is 9.59 Å². The molecule has 14 N–H and O–H groups in total. The molecule has 2 aliphatic rings. The highest BCUT2D eigenvalue weighted by Gasteiger charge is 2.44. The molecule has 0 unspecified atom stereocenters. The zero-order chi connectivity index (χ0) is 50.8. The Morgan fingerprint density at radius 2 is 1.12 bits per heavy atom. The highest BCUT2D eigenvalue weighted by Crippen LogP contribution is 2.34. The van der Waals surface area contributed by atoms with Crippen molar-refractivity contribution < 1.29 is 70.1 Å². The first-order chi connectivity index (χ1) is 31.9. The van der Waals surface area contributed by atoms with E-state index in [-0.39, 0.29) is 56.7 Å². The molecule has 3 aromatic rings. The van der Waals surface area contributed by atoms with Crippen molar-refractivity contribution >= 4 is 64.2 Å². The van der Waals surface area contributed by atoms with Gasteiger partial charge in [-0.3, -0.25) is 34.0 Å². The Morgan fingerprint density at radius 3 is 1.62 bits per heavy atom. The summed E-state index contributed by atoms with van der Waals surface area (Å²) in [5.41, 5.74) is 23.6. The van der Waals surface area contributed by atoms with Crippen molar-refractivity contribution in [2.45, 2.75) is 81.0 Å². The van der Waals surface area contributed by atoms with Crippen LogP contribution in [0.5, 0.6) is 0 Å². The van der Waals surface area contributed by atoms with Crippen molar-refractivity contribution in [3.05, 3.63) is 83.9 Å². The summed E-state index contributed by atoms with van der Waals surface area (Å²) in [5, 5.41) is 27.4. The van der Waals surface area contributed by atoms with Gasteiger partial charge in [-0.05, 0) is 54.0 Å². The zero-order valence-corrected chi connectivity index (χ0v) is 36.1. The van der Waals surface area contributed by atoms with Crippen LogP contribution in [-0.4, -0.2) is 131 Å². The Labute approximate surface area is 383 Å². The summed E-state index contributed by atoms with van der Waals surface area (Å²) < 4.78 is 63.5. The number of fused-ring (bicyclic) bond motifs is 2. The molecule has 370 valence electrons. The third-order valence-electron chi connectivity index (χ3n) is 10.2. The molecule has 0 aromatic heterocycles. The summed E-state index contributed by atoms with van der Waals surface area (Å²) in [6.45, 7) is 0.218. The standard InChI is InChI=1S/C38H49N11O5.2C2HF3O2/c39-37(40)43-17-6-12-28-35(53)48-30(21-23-14-15-24-8-4-5-11-26(24)20-23)33(51)45-22-31(50)49-19-16-27(25-9-2-1-3-10-25)32(49)36(54)47-29(34(52)46-28)13-7-18-44-38(41)42;2*3-2(4,5)1(6)7/h1-5,8-11,14-15,20,27-30,32H,6-7,12-13,16-19,21-22H2,(H,45,51)(H,46,52)(H,47,54)(H,48,53)(H4,39,40,43)(H4,41,42,44);2*(H,6,7)/t27-,28+,29+,30+,32-;;/m1../s1. The number of benzene rings is 3. The largest absolute Gasteiger partial charge is 0.490 e. The van der Waals surface area contributed by atoms with Crippen molar-refractivity contribution in [1.82, 2.24) is 26.2 Å². The highest BCUT2D eigenvalue weighted by molar-refractivity contribution is 5.98. The predicted molar refractivity (Wildman–Crippen MR) is 233 cm³/mol. The topological polar surface area (TPSA) is 340 Å². The van der Waals surface area contributed by atoms with Crippen molar-refractivity contribution in [3.8, 4) is 0 Å². The molecule has 2 fully saturated rings. The summed E-state index contributed by atoms with van der Waals surface area (Å²) in [5.74, 6) is -9.00. The molecule has 3 aromatic carbocycles. The van der Waals surface area contributed by atoms with Gasteiger partial charge >= 0.3 is 24.3 Å². The molecule has 5 amide bonds. The van der Waals surface area contributed by atoms with E-state index in [0.717, 1.165) is 21.9 Å². The number of hydrogen-bond donors (Lipinski definition) is 10. The fourth-order valence-corrected chi connectivity index (χ4v) is 6.99. The maximum atomic E-state index is 14.2. The molecule has 2 aliphatic heterocycles. The first kappa shape index (κ1) is 54.7. The molecular weight excluding hydrogens is 917 g/mol. The molecule has 26 heteroatoms. The fourth-order valence-electron chi connectivity index (χ4n) is 6.99. The molecule has 0 bridgehead atoms. The molecule has 0 saturated carbocycles. The summed E-state index contributed by atoms with van der Waals surface area (Å²) in [7, 11) is 0. The number of halogens is 6. The van der Waals surface area contributed by atoms with E-state index < -0.39 is 84.5 Å². The predicted octanol–water partition coefficient (Wildman–Crippen LogP) is 0.725. The molecule has 68 heavy (non-hydrogen) atoms. The number of carboxylic acids is 2. The molecule has 0 aliphatic carbocycles. The van der Waals surface area contributed by atoms with Crippen molar-refractivity contribution in [3.63, 3.8) is 0 Å². The van der Waals surface area contributed by atoms with E-state index in [1.54, 1.807) is 0 Å². The molecule has 5 atom stereocenters. The van der Waals surface area contributed by atoms with E-state index in [1.807, 2.05) is 72.8 Å². The molecule has 0 spiro atoms. The Hall–Kier alpha value is -7.67. The second-order valence-electron chi connectivity index (χ2n) is 15.1. The van der Waals surface area contributed by atoms with Crippen molar-refractivity contribution in [2.75, 3.05) is 26.2 Å². The minimum Gasteiger partial charge on any atom is -0.475 e. The number of carbonyl (C=O) groups excluding carboxylic acids is 5. The summed E-state index contributed by atoms with van der Waals surface area (Å²) in [4.78, 5) is 97.3. The van der Waals surface area contributed by atoms with Gasteiger partial charge in [-0.1, -0.05) is 72.8 Å². The first-order valence-corrected chi connectivity index (χ1v) is 20.6. The third kappa shape index (κ3) is 17.6. The minimum absolute atomic E-state index is 0.0984. The van der Waals surface area contributed by atoms with Gasteiger partial charge in [-0.2, -0.15) is 26.3 Å². The number of carboxylic acid groups (broad SMARTS) is 2. The van der Waals surface area contributed by atoms with Crippen molar-refractivity contribution in [1.29, 1.82) is 0 Å². The van der Waals surface area contributed by atoms with E-state index in [2.05, 4.69) is 31.3 Å². The lowest BCUT2D eigenvalue weighted by atomic mass is 9.91. The van der Waals surface area contributed by atoms with Crippen LogP contribution in [0.15, 0.2) is 82.8 Å². The summed E-state index contributed by atoms with van der Waals surface area (Å²) in [6.07, 6.45) is -8.72. The maximum absolute atomic E-state index is 14.2. The molecule has 5 rings (SSSR count). The van der Waals surface area contributed by atoms with Gasteiger partial charge in [0.25, 0.3) is 0 Å². The average Bonchev–Trinajstić information content (AvgIpc) is 3.72. The lowest BCUT2D eigenvalue weighted by Crippen LogP contribution is -2.58. The van der Waals surface area contributed by atoms with Crippen LogP contribution in [0.25, 0.3) is 10.8 Å². The lowest BCUT2D eigenvalue weighted by molar-refractivity contribution is -0.193. The normalized spacial score (nSPS) is 20.2. The van der Waals surface area contributed by atoms with Gasteiger partial charge in [0.1, 0.15) is 24.2 Å². The molecular formula is C42H51F6N11O9. The second kappa shape index (κ2) is 25.3. The van der Waals surface area contributed by atoms with E-state index >= 15 is 0 Å². The number of aliphatic imine (C=N–C) groups is 2. The van der Waals surface area contributed by atoms with Gasteiger partial charge in [0.15, 0.2) is 11.9 Å². The fraction of sp³-hybridized carbons (Fsp3) is 0.405. The van der Waals surface area contributed by atoms with Gasteiger partial charge in [-0.15, -0.1) is 0 Å². The van der Waals surface area contributed by atoms with Gasteiger partial charge in [0.05, 0.1) is 6.54 Å². The Kier molecular flexibility index (Phi) is 20.3. The monoisotopic (exact) mass is 967 g/mol. The average molecular weight is 968 g/mol. The number of nitrogens with zero attached hydrogens (tertiary/aromatic N) is 3. The van der Waals surface area contributed by atoms with Crippen LogP contribution in [0, 0.1) is 0 Å². The minimum atomic E-state index is -5.08. The van der Waals surface area contributed by atoms with Gasteiger partial charge in [0.2, 0.25) is 29.5 Å². The van der Waals surface area contributed by atoms with Crippen molar-refractivity contribution in [2.24, 2.45) is 32.9 Å². The number of rotatable bonds is 11. The van der Waals surface area contributed by atoms with E-state index in [9.17, 15) is 50.3 Å². The van der Waals surface area contributed by atoms with E-state index in [1.165, 1.54) is 4.90 Å². The van der Waals surface area contributed by atoms with Crippen LogP contribution in [0.4, 0.5) is 26.3 Å². The van der Waals surface area contributed by atoms with Gasteiger partial charge in [0, 0.05) is 32.0 Å². The van der Waals surface area contributed by atoms with E-state index in [0.29, 0.717) is 19.3 Å². The Balaban J connectivity index is 0.000000759.